The summed E-state index contributed by atoms with van der Waals surface area (Å²) in [4.78, 5) is 27.3. The monoisotopic (exact) mass is 432 g/mol. The van der Waals surface area contributed by atoms with Crippen molar-refractivity contribution in [1.82, 2.24) is 20.0 Å². The molecule has 7 nitrogen and oxygen atoms in total. The van der Waals surface area contributed by atoms with Gasteiger partial charge in [0.05, 0.1) is 12.8 Å². The number of benzene rings is 2. The number of methoxy groups -OCH3 is 1. The molecule has 32 heavy (non-hydrogen) atoms. The van der Waals surface area contributed by atoms with Crippen LogP contribution in [0.4, 0.5) is 0 Å². The van der Waals surface area contributed by atoms with Crippen LogP contribution in [0, 0.1) is 0 Å². The van der Waals surface area contributed by atoms with Gasteiger partial charge < -0.3 is 10.1 Å². The Kier molecular flexibility index (Phi) is 6.66. The van der Waals surface area contributed by atoms with Crippen molar-refractivity contribution in [2.45, 2.75) is 38.4 Å². The zero-order valence-corrected chi connectivity index (χ0v) is 18.4. The molecule has 1 N–H and O–H groups in total. The molecule has 1 aliphatic rings. The number of aryl methyl sites for hydroxylation is 1. The summed E-state index contributed by atoms with van der Waals surface area (Å²) in [6.45, 7) is 3.35. The van der Waals surface area contributed by atoms with Crippen molar-refractivity contribution in [3.8, 4) is 5.69 Å². The third kappa shape index (κ3) is 4.89. The largest absolute Gasteiger partial charge is 0.468 e. The Labute approximate surface area is 188 Å². The van der Waals surface area contributed by atoms with Gasteiger partial charge in [-0.3, -0.25) is 14.5 Å². The van der Waals surface area contributed by atoms with Crippen LogP contribution in [-0.2, 0) is 22.5 Å². The number of hydrogen-bond acceptors (Lipinski definition) is 5. The minimum atomic E-state index is -0.377. The minimum Gasteiger partial charge on any atom is -0.468 e. The number of nitrogens with zero attached hydrogens (tertiary/aromatic N) is 3. The molecule has 7 heteroatoms. The number of likely N-dealkylation sites (tertiary alicyclic amines) is 1. The lowest BCUT2D eigenvalue weighted by molar-refractivity contribution is -0.146. The van der Waals surface area contributed by atoms with Gasteiger partial charge in [0.2, 0.25) is 0 Å². The normalized spacial score (nSPS) is 18.4. The van der Waals surface area contributed by atoms with Gasteiger partial charge in [-0.05, 0) is 54.3 Å². The topological polar surface area (TPSA) is 76.5 Å². The summed E-state index contributed by atoms with van der Waals surface area (Å²) in [5.41, 5.74) is 3.88. The van der Waals surface area contributed by atoms with Crippen LogP contribution in [0.25, 0.3) is 5.69 Å². The van der Waals surface area contributed by atoms with E-state index in [9.17, 15) is 9.59 Å². The number of carbonyl (C=O) groups excluding carboxylic acids is 2. The summed E-state index contributed by atoms with van der Waals surface area (Å²) >= 11 is 0. The maximum Gasteiger partial charge on any atom is 0.323 e. The van der Waals surface area contributed by atoms with Gasteiger partial charge in [-0.1, -0.05) is 31.2 Å². The van der Waals surface area contributed by atoms with Gasteiger partial charge in [0.1, 0.15) is 6.04 Å². The van der Waals surface area contributed by atoms with Gasteiger partial charge in [0.25, 0.3) is 5.91 Å². The predicted molar refractivity (Wildman–Crippen MR) is 121 cm³/mol. The van der Waals surface area contributed by atoms with Crippen LogP contribution in [-0.4, -0.2) is 52.3 Å². The first-order valence-electron chi connectivity index (χ1n) is 10.9. The number of hydrogen-bond donors (Lipinski definition) is 1. The van der Waals surface area contributed by atoms with Gasteiger partial charge in [-0.15, -0.1) is 0 Å². The minimum absolute atomic E-state index is 0.132. The van der Waals surface area contributed by atoms with E-state index in [1.54, 1.807) is 23.0 Å². The molecule has 0 aliphatic carbocycles. The molecular formula is C25H28N4O3. The lowest BCUT2D eigenvalue weighted by atomic mass is 10.1. The highest BCUT2D eigenvalue weighted by Gasteiger charge is 2.38. The Balaban J connectivity index is 1.41. The molecule has 1 aromatic heterocycles. The number of aromatic nitrogens is 2. The average Bonchev–Trinajstić information content (AvgIpc) is 3.50. The molecule has 0 saturated carbocycles. The van der Waals surface area contributed by atoms with Crippen LogP contribution >= 0.6 is 0 Å². The van der Waals surface area contributed by atoms with Crippen molar-refractivity contribution in [2.75, 3.05) is 13.7 Å². The Morgan fingerprint density at radius 3 is 2.44 bits per heavy atom. The molecule has 1 amide bonds. The third-order valence-corrected chi connectivity index (χ3v) is 5.93. The van der Waals surface area contributed by atoms with Crippen molar-refractivity contribution in [3.63, 3.8) is 0 Å². The molecule has 0 radical (unpaired) electrons. The first kappa shape index (κ1) is 21.8. The molecule has 2 heterocycles. The zero-order chi connectivity index (χ0) is 22.5. The second-order valence-corrected chi connectivity index (χ2v) is 8.04. The van der Waals surface area contributed by atoms with Crippen LogP contribution in [0.2, 0.25) is 0 Å². The van der Waals surface area contributed by atoms with E-state index in [4.69, 9.17) is 4.74 Å². The molecule has 3 aromatic rings. The first-order chi connectivity index (χ1) is 15.6. The van der Waals surface area contributed by atoms with Gasteiger partial charge in [-0.2, -0.15) is 5.10 Å². The van der Waals surface area contributed by atoms with Gasteiger partial charge >= 0.3 is 5.97 Å². The summed E-state index contributed by atoms with van der Waals surface area (Å²) in [6, 6.07) is 17.1. The predicted octanol–water partition coefficient (Wildman–Crippen LogP) is 2.98. The number of rotatable bonds is 7. The summed E-state index contributed by atoms with van der Waals surface area (Å²) in [7, 11) is 1.41. The first-order valence-corrected chi connectivity index (χ1v) is 10.9. The van der Waals surface area contributed by atoms with Gasteiger partial charge in [-0.25, -0.2) is 4.68 Å². The lowest BCUT2D eigenvalue weighted by Crippen LogP contribution is -2.37. The summed E-state index contributed by atoms with van der Waals surface area (Å²) in [5.74, 6) is -0.421. The Morgan fingerprint density at radius 2 is 1.81 bits per heavy atom. The van der Waals surface area contributed by atoms with Crippen molar-refractivity contribution in [1.29, 1.82) is 0 Å². The Bertz CT molecular complexity index is 1050. The van der Waals surface area contributed by atoms with Crippen molar-refractivity contribution in [3.05, 3.63) is 83.7 Å². The molecule has 1 aliphatic heterocycles. The molecule has 1 saturated heterocycles. The quantitative estimate of drug-likeness (QED) is 0.581. The smallest absolute Gasteiger partial charge is 0.323 e. The summed E-state index contributed by atoms with van der Waals surface area (Å²) in [5, 5.41) is 7.28. The third-order valence-electron chi connectivity index (χ3n) is 5.93. The van der Waals surface area contributed by atoms with E-state index in [1.807, 2.05) is 24.4 Å². The fourth-order valence-electron chi connectivity index (χ4n) is 4.13. The van der Waals surface area contributed by atoms with Crippen molar-refractivity contribution < 1.29 is 14.3 Å². The highest BCUT2D eigenvalue weighted by atomic mass is 16.5. The molecule has 0 unspecified atom stereocenters. The average molecular weight is 433 g/mol. The van der Waals surface area contributed by atoms with E-state index in [-0.39, 0.29) is 24.0 Å². The Morgan fingerprint density at radius 1 is 1.09 bits per heavy atom. The molecule has 2 atom stereocenters. The van der Waals surface area contributed by atoms with Crippen molar-refractivity contribution in [2.24, 2.45) is 0 Å². The second-order valence-electron chi connectivity index (χ2n) is 8.04. The number of nitrogens with one attached hydrogen (secondary N) is 1. The number of amides is 1. The van der Waals surface area contributed by atoms with E-state index in [1.165, 1.54) is 12.7 Å². The van der Waals surface area contributed by atoms with Crippen LogP contribution in [0.15, 0.2) is 67.0 Å². The van der Waals surface area contributed by atoms with Crippen molar-refractivity contribution >= 4 is 11.9 Å². The van der Waals surface area contributed by atoms with E-state index >= 15 is 0 Å². The van der Waals surface area contributed by atoms with Crippen LogP contribution in [0.5, 0.6) is 0 Å². The van der Waals surface area contributed by atoms with Crippen LogP contribution in [0.3, 0.4) is 0 Å². The molecule has 0 spiro atoms. The molecule has 4 rings (SSSR count). The number of ether oxygens (including phenoxy) is 1. The van der Waals surface area contributed by atoms with Crippen LogP contribution < -0.4 is 5.32 Å². The molecule has 1 fully saturated rings. The Hall–Kier alpha value is -3.45. The highest BCUT2D eigenvalue weighted by molar-refractivity contribution is 5.94. The molecule has 166 valence electrons. The maximum absolute atomic E-state index is 12.8. The summed E-state index contributed by atoms with van der Waals surface area (Å²) < 4.78 is 6.76. The fourth-order valence-corrected chi connectivity index (χ4v) is 4.13. The highest BCUT2D eigenvalue weighted by Crippen LogP contribution is 2.23. The number of carbonyl (C=O) groups is 2. The summed E-state index contributed by atoms with van der Waals surface area (Å²) in [6.07, 6.45) is 5.08. The standard InChI is InChI=1S/C25H28N4O3/c1-3-18-5-7-19(8-6-18)16-28-17-21(15-23(28)25(31)32-2)27-24(30)20-9-11-22(12-10-20)29-14-4-13-26-29/h4-14,21,23H,3,15-17H2,1-2H3,(H,27,30)/t21-,23-/m0/s1. The van der Waals surface area contributed by atoms with Crippen LogP contribution in [0.1, 0.15) is 34.8 Å². The maximum atomic E-state index is 12.8. The fraction of sp³-hybridized carbons (Fsp3) is 0.320. The lowest BCUT2D eigenvalue weighted by Gasteiger charge is -2.22. The van der Waals surface area contributed by atoms with Gasteiger partial charge in [0, 0.05) is 37.1 Å². The zero-order valence-electron chi connectivity index (χ0n) is 18.4. The second kappa shape index (κ2) is 9.78. The van der Waals surface area contributed by atoms with E-state index in [2.05, 4.69) is 46.5 Å². The van der Waals surface area contributed by atoms with E-state index in [0.717, 1.165) is 17.7 Å². The molecular weight excluding hydrogens is 404 g/mol. The van der Waals surface area contributed by atoms with E-state index < -0.39 is 0 Å². The van der Waals surface area contributed by atoms with E-state index in [0.29, 0.717) is 25.1 Å². The SMILES string of the molecule is CCc1ccc(CN2C[C@@H](NC(=O)c3ccc(-n4cccn4)cc3)C[C@H]2C(=O)OC)cc1. The number of esters is 1. The molecule has 0 bridgehead atoms. The molecule has 2 aromatic carbocycles. The van der Waals surface area contributed by atoms with Gasteiger partial charge in [0.15, 0.2) is 0 Å².